The molecule has 1 saturated heterocycles. The van der Waals surface area contributed by atoms with Gasteiger partial charge in [0.15, 0.2) is 11.6 Å². The Hall–Kier alpha value is -2.96. The van der Waals surface area contributed by atoms with E-state index in [4.69, 9.17) is 4.74 Å². The zero-order valence-electron chi connectivity index (χ0n) is 15.7. The molecule has 0 radical (unpaired) electrons. The summed E-state index contributed by atoms with van der Waals surface area (Å²) >= 11 is 0. The Labute approximate surface area is 159 Å². The minimum absolute atomic E-state index is 0.00767. The molecule has 1 aliphatic rings. The molecule has 2 heterocycles. The number of nitrogens with zero attached hydrogens (tertiary/aromatic N) is 4. The summed E-state index contributed by atoms with van der Waals surface area (Å²) in [5.41, 5.74) is 0.646. The van der Waals surface area contributed by atoms with Gasteiger partial charge in [-0.2, -0.15) is 4.98 Å². The summed E-state index contributed by atoms with van der Waals surface area (Å²) in [6.45, 7) is 1.13. The first-order chi connectivity index (χ1) is 13.0. The van der Waals surface area contributed by atoms with Gasteiger partial charge in [0, 0.05) is 45.5 Å². The van der Waals surface area contributed by atoms with Crippen LogP contribution in [0, 0.1) is 0 Å². The van der Waals surface area contributed by atoms with Gasteiger partial charge in [0.1, 0.15) is 6.10 Å². The number of benzene rings is 1. The lowest BCUT2D eigenvalue weighted by atomic mass is 10.1. The Morgan fingerprint density at radius 1 is 1.19 bits per heavy atom. The lowest BCUT2D eigenvalue weighted by Gasteiger charge is -2.17. The molecule has 1 aliphatic heterocycles. The number of rotatable bonds is 7. The van der Waals surface area contributed by atoms with Gasteiger partial charge in [-0.15, -0.1) is 0 Å². The molecule has 1 fully saturated rings. The number of ketones is 1. The maximum absolute atomic E-state index is 12.4. The van der Waals surface area contributed by atoms with Gasteiger partial charge in [-0.3, -0.25) is 14.6 Å². The van der Waals surface area contributed by atoms with Gasteiger partial charge in [0.25, 0.3) is 0 Å². The van der Waals surface area contributed by atoms with Gasteiger partial charge < -0.3 is 14.5 Å². The van der Waals surface area contributed by atoms with Gasteiger partial charge in [-0.25, -0.2) is 0 Å². The monoisotopic (exact) mass is 368 g/mol. The molecule has 2 aromatic rings. The Morgan fingerprint density at radius 2 is 1.96 bits per heavy atom. The van der Waals surface area contributed by atoms with Crippen molar-refractivity contribution >= 4 is 17.5 Å². The van der Waals surface area contributed by atoms with Crippen LogP contribution in [0.4, 0.5) is 5.82 Å². The molecule has 0 saturated carbocycles. The predicted molar refractivity (Wildman–Crippen MR) is 102 cm³/mol. The van der Waals surface area contributed by atoms with Crippen molar-refractivity contribution in [2.45, 2.75) is 25.4 Å². The number of hydrogen-bond acceptors (Lipinski definition) is 6. The number of carbonyl (C=O) groups excluding carboxylic acids is 2. The van der Waals surface area contributed by atoms with E-state index >= 15 is 0 Å². The van der Waals surface area contributed by atoms with E-state index in [2.05, 4.69) is 9.97 Å². The topological polar surface area (TPSA) is 75.6 Å². The van der Waals surface area contributed by atoms with E-state index in [0.717, 1.165) is 12.2 Å². The first-order valence-electron chi connectivity index (χ1n) is 9.05. The molecule has 1 atom stereocenters. The van der Waals surface area contributed by atoms with Crippen LogP contribution in [-0.2, 0) is 4.79 Å². The number of hydrogen-bond donors (Lipinski definition) is 0. The Bertz CT molecular complexity index is 795. The largest absolute Gasteiger partial charge is 0.471 e. The normalized spacial score (nSPS) is 16.2. The Kier molecular flexibility index (Phi) is 6.01. The summed E-state index contributed by atoms with van der Waals surface area (Å²) in [4.78, 5) is 36.7. The molecule has 1 aromatic heterocycles. The summed E-state index contributed by atoms with van der Waals surface area (Å²) in [6.07, 6.45) is 4.33. The smallest absolute Gasteiger partial charge is 0.234 e. The number of carbonyl (C=O) groups is 2. The van der Waals surface area contributed by atoms with Crippen LogP contribution in [0.1, 0.15) is 29.6 Å². The van der Waals surface area contributed by atoms with E-state index in [-0.39, 0.29) is 30.6 Å². The van der Waals surface area contributed by atoms with Crippen molar-refractivity contribution in [3.8, 4) is 5.88 Å². The van der Waals surface area contributed by atoms with Crippen LogP contribution in [0.25, 0.3) is 0 Å². The van der Waals surface area contributed by atoms with E-state index in [1.807, 2.05) is 37.2 Å². The second-order valence-electron chi connectivity index (χ2n) is 6.77. The highest BCUT2D eigenvalue weighted by Crippen LogP contribution is 2.19. The SMILES string of the molecule is CN(C)c1cncc(OC2CCN(C(=O)CCC(=O)c3ccccc3)C2)n1. The molecule has 7 heteroatoms. The van der Waals surface area contributed by atoms with E-state index in [1.165, 1.54) is 0 Å². The number of anilines is 1. The Morgan fingerprint density at radius 3 is 2.70 bits per heavy atom. The lowest BCUT2D eigenvalue weighted by Crippen LogP contribution is -2.31. The molecule has 3 rings (SSSR count). The number of amides is 1. The van der Waals surface area contributed by atoms with Gasteiger partial charge >= 0.3 is 0 Å². The highest BCUT2D eigenvalue weighted by molar-refractivity contribution is 5.97. The minimum Gasteiger partial charge on any atom is -0.471 e. The fraction of sp³-hybridized carbons (Fsp3) is 0.400. The van der Waals surface area contributed by atoms with Crippen LogP contribution in [-0.4, -0.2) is 59.8 Å². The highest BCUT2D eigenvalue weighted by Gasteiger charge is 2.28. The molecule has 142 valence electrons. The molecular weight excluding hydrogens is 344 g/mol. The predicted octanol–water partition coefficient (Wildman–Crippen LogP) is 2.19. The molecule has 0 spiro atoms. The maximum Gasteiger partial charge on any atom is 0.234 e. The quantitative estimate of drug-likeness (QED) is 0.698. The molecule has 7 nitrogen and oxygen atoms in total. The van der Waals surface area contributed by atoms with Crippen molar-refractivity contribution in [3.63, 3.8) is 0 Å². The Balaban J connectivity index is 1.48. The van der Waals surface area contributed by atoms with Crippen LogP contribution in [0.5, 0.6) is 5.88 Å². The van der Waals surface area contributed by atoms with Crippen LogP contribution in [0.15, 0.2) is 42.7 Å². The van der Waals surface area contributed by atoms with Crippen LogP contribution < -0.4 is 9.64 Å². The van der Waals surface area contributed by atoms with E-state index in [0.29, 0.717) is 24.5 Å². The molecule has 0 bridgehead atoms. The highest BCUT2D eigenvalue weighted by atomic mass is 16.5. The van der Waals surface area contributed by atoms with E-state index < -0.39 is 0 Å². The van der Waals surface area contributed by atoms with Crippen molar-refractivity contribution < 1.29 is 14.3 Å². The lowest BCUT2D eigenvalue weighted by molar-refractivity contribution is -0.130. The first kappa shape index (κ1) is 18.8. The summed E-state index contributed by atoms with van der Waals surface area (Å²) in [5, 5.41) is 0. The molecule has 1 amide bonds. The van der Waals surface area contributed by atoms with Crippen LogP contribution >= 0.6 is 0 Å². The molecule has 0 aliphatic carbocycles. The first-order valence-corrected chi connectivity index (χ1v) is 9.05. The average Bonchev–Trinajstić information content (AvgIpc) is 3.15. The molecule has 27 heavy (non-hydrogen) atoms. The van der Waals surface area contributed by atoms with Crippen LogP contribution in [0.3, 0.4) is 0 Å². The van der Waals surface area contributed by atoms with E-state index in [9.17, 15) is 9.59 Å². The summed E-state index contributed by atoms with van der Waals surface area (Å²) in [7, 11) is 3.78. The zero-order valence-corrected chi connectivity index (χ0v) is 15.7. The van der Waals surface area contributed by atoms with Gasteiger partial charge in [-0.05, 0) is 0 Å². The average molecular weight is 368 g/mol. The van der Waals surface area contributed by atoms with E-state index in [1.54, 1.807) is 29.4 Å². The number of ether oxygens (including phenoxy) is 1. The third-order valence-corrected chi connectivity index (χ3v) is 4.50. The summed E-state index contributed by atoms with van der Waals surface area (Å²) < 4.78 is 5.88. The summed E-state index contributed by atoms with van der Waals surface area (Å²) in [5.74, 6) is 1.16. The molecule has 1 aromatic carbocycles. The van der Waals surface area contributed by atoms with Crippen molar-refractivity contribution in [2.24, 2.45) is 0 Å². The van der Waals surface area contributed by atoms with Crippen molar-refractivity contribution in [3.05, 3.63) is 48.3 Å². The second kappa shape index (κ2) is 8.62. The van der Waals surface area contributed by atoms with Crippen molar-refractivity contribution in [1.82, 2.24) is 14.9 Å². The maximum atomic E-state index is 12.4. The fourth-order valence-electron chi connectivity index (χ4n) is 2.98. The number of likely N-dealkylation sites (tertiary alicyclic amines) is 1. The number of Topliss-reactive ketones (excluding diaryl/α,β-unsaturated/α-hetero) is 1. The van der Waals surface area contributed by atoms with Gasteiger partial charge in [0.05, 0.1) is 18.9 Å². The summed E-state index contributed by atoms with van der Waals surface area (Å²) in [6, 6.07) is 9.06. The van der Waals surface area contributed by atoms with Crippen molar-refractivity contribution in [2.75, 3.05) is 32.1 Å². The number of aromatic nitrogens is 2. The van der Waals surface area contributed by atoms with Gasteiger partial charge in [0.2, 0.25) is 11.8 Å². The third kappa shape index (κ3) is 5.03. The van der Waals surface area contributed by atoms with Gasteiger partial charge in [-0.1, -0.05) is 30.3 Å². The molecule has 1 unspecified atom stereocenters. The zero-order chi connectivity index (χ0) is 19.2. The minimum atomic E-state index is -0.106. The standard InChI is InChI=1S/C20H24N4O3/c1-23(2)18-12-21-13-19(22-18)27-16-10-11-24(14-16)20(26)9-8-17(25)15-6-4-3-5-7-15/h3-7,12-13,16H,8-11,14H2,1-2H3. The third-order valence-electron chi connectivity index (χ3n) is 4.50. The van der Waals surface area contributed by atoms with Crippen molar-refractivity contribution in [1.29, 1.82) is 0 Å². The van der Waals surface area contributed by atoms with Crippen LogP contribution in [0.2, 0.25) is 0 Å². The second-order valence-corrected chi connectivity index (χ2v) is 6.77. The fourth-order valence-corrected chi connectivity index (χ4v) is 2.98. The molecular formula is C20H24N4O3. The molecule has 0 N–H and O–H groups in total.